The standard InChI is InChI=1S/C9H18N2O2.FH/c1-3-13-9(12)11-6-4-8(10-2)5-7-11;/h8,10H,3-7H2,1-2H3;1H. The first-order valence-corrected chi connectivity index (χ1v) is 4.87. The highest BCUT2D eigenvalue weighted by atomic mass is 19.0. The first kappa shape index (κ1) is 13.2. The molecule has 0 atom stereocenters. The van der Waals surface area contributed by atoms with E-state index in [1.165, 1.54) is 0 Å². The van der Waals surface area contributed by atoms with Gasteiger partial charge in [0.05, 0.1) is 6.61 Å². The predicted molar refractivity (Wildman–Crippen MR) is 53.2 cm³/mol. The summed E-state index contributed by atoms with van der Waals surface area (Å²) in [5, 5.41) is 3.22. The molecule has 5 heteroatoms. The van der Waals surface area contributed by atoms with Crippen LogP contribution in [-0.4, -0.2) is 43.8 Å². The van der Waals surface area contributed by atoms with Crippen LogP contribution in [0.25, 0.3) is 0 Å². The Morgan fingerprint density at radius 1 is 1.50 bits per heavy atom. The molecule has 4 nitrogen and oxygen atoms in total. The lowest BCUT2D eigenvalue weighted by molar-refractivity contribution is 0.0956. The molecular formula is C9H19FN2O2. The Bertz CT molecular complexity index is 170. The van der Waals surface area contributed by atoms with Crippen LogP contribution in [0.4, 0.5) is 9.50 Å². The number of hydrogen-bond donors (Lipinski definition) is 1. The van der Waals surface area contributed by atoms with Crippen LogP contribution in [0.5, 0.6) is 0 Å². The Morgan fingerprint density at radius 3 is 2.50 bits per heavy atom. The summed E-state index contributed by atoms with van der Waals surface area (Å²) in [5.74, 6) is 0. The maximum absolute atomic E-state index is 11.3. The van der Waals surface area contributed by atoms with Crippen molar-refractivity contribution in [3.05, 3.63) is 0 Å². The molecule has 0 aliphatic carbocycles. The summed E-state index contributed by atoms with van der Waals surface area (Å²) < 4.78 is 4.92. The molecule has 0 spiro atoms. The summed E-state index contributed by atoms with van der Waals surface area (Å²) in [6.45, 7) is 3.91. The molecule has 1 aliphatic heterocycles. The molecule has 1 rings (SSSR count). The van der Waals surface area contributed by atoms with Crippen molar-refractivity contribution in [2.45, 2.75) is 25.8 Å². The molecule has 1 N–H and O–H groups in total. The summed E-state index contributed by atoms with van der Waals surface area (Å²) in [6.07, 6.45) is 1.88. The fourth-order valence-electron chi connectivity index (χ4n) is 1.57. The van der Waals surface area contributed by atoms with Gasteiger partial charge in [-0.3, -0.25) is 4.70 Å². The van der Waals surface area contributed by atoms with Gasteiger partial charge < -0.3 is 15.0 Å². The highest BCUT2D eigenvalue weighted by Crippen LogP contribution is 2.10. The zero-order valence-corrected chi connectivity index (χ0v) is 8.78. The molecule has 0 aromatic heterocycles. The van der Waals surface area contributed by atoms with Crippen molar-refractivity contribution < 1.29 is 14.2 Å². The Kier molecular flexibility index (Phi) is 6.19. The Morgan fingerprint density at radius 2 is 2.07 bits per heavy atom. The van der Waals surface area contributed by atoms with Crippen LogP contribution in [0.3, 0.4) is 0 Å². The SMILES string of the molecule is CCOC(=O)N1CCC(NC)CC1.F. The maximum atomic E-state index is 11.3. The molecule has 0 radical (unpaired) electrons. The van der Waals surface area contributed by atoms with E-state index in [0.29, 0.717) is 12.6 Å². The number of piperidine rings is 1. The summed E-state index contributed by atoms with van der Waals surface area (Å²) in [4.78, 5) is 13.1. The van der Waals surface area contributed by atoms with Crippen molar-refractivity contribution in [2.75, 3.05) is 26.7 Å². The number of nitrogens with one attached hydrogen (secondary N) is 1. The predicted octanol–water partition coefficient (Wildman–Crippen LogP) is 0.979. The average molecular weight is 206 g/mol. The zero-order chi connectivity index (χ0) is 9.68. The van der Waals surface area contributed by atoms with Gasteiger partial charge in [-0.25, -0.2) is 4.79 Å². The van der Waals surface area contributed by atoms with E-state index in [4.69, 9.17) is 4.74 Å². The monoisotopic (exact) mass is 206 g/mol. The highest BCUT2D eigenvalue weighted by Gasteiger charge is 2.21. The summed E-state index contributed by atoms with van der Waals surface area (Å²) in [7, 11) is 1.96. The molecule has 0 unspecified atom stereocenters. The minimum atomic E-state index is -0.169. The third kappa shape index (κ3) is 3.49. The van der Waals surface area contributed by atoms with E-state index in [-0.39, 0.29) is 10.8 Å². The maximum Gasteiger partial charge on any atom is 0.409 e. The van der Waals surface area contributed by atoms with Crippen LogP contribution >= 0.6 is 0 Å². The fraction of sp³-hybridized carbons (Fsp3) is 0.889. The van der Waals surface area contributed by atoms with Crippen molar-refractivity contribution in [1.29, 1.82) is 0 Å². The lowest BCUT2D eigenvalue weighted by Crippen LogP contribution is -2.44. The number of nitrogens with zero attached hydrogens (tertiary/aromatic N) is 1. The van der Waals surface area contributed by atoms with Crippen molar-refractivity contribution in [2.24, 2.45) is 0 Å². The molecule has 84 valence electrons. The zero-order valence-electron chi connectivity index (χ0n) is 8.78. The first-order valence-electron chi connectivity index (χ1n) is 4.87. The van der Waals surface area contributed by atoms with E-state index in [1.54, 1.807) is 4.90 Å². The second-order valence-corrected chi connectivity index (χ2v) is 3.25. The van der Waals surface area contributed by atoms with Gasteiger partial charge in [0.25, 0.3) is 0 Å². The fourth-order valence-corrected chi connectivity index (χ4v) is 1.57. The van der Waals surface area contributed by atoms with E-state index < -0.39 is 0 Å². The molecule has 0 saturated carbocycles. The van der Waals surface area contributed by atoms with Crippen LogP contribution < -0.4 is 5.32 Å². The van der Waals surface area contributed by atoms with Crippen molar-refractivity contribution >= 4 is 6.09 Å². The van der Waals surface area contributed by atoms with Gasteiger partial charge in [-0.2, -0.15) is 0 Å². The van der Waals surface area contributed by atoms with Crippen LogP contribution in [0.2, 0.25) is 0 Å². The molecule has 1 aliphatic rings. The van der Waals surface area contributed by atoms with Gasteiger partial charge in [0.15, 0.2) is 0 Å². The molecule has 1 saturated heterocycles. The minimum Gasteiger partial charge on any atom is -0.450 e. The molecule has 14 heavy (non-hydrogen) atoms. The van der Waals surface area contributed by atoms with Gasteiger partial charge in [0.2, 0.25) is 0 Å². The summed E-state index contributed by atoms with van der Waals surface area (Å²) in [5.41, 5.74) is 0. The largest absolute Gasteiger partial charge is 0.450 e. The third-order valence-corrected chi connectivity index (χ3v) is 2.43. The number of rotatable bonds is 2. The van der Waals surface area contributed by atoms with E-state index in [9.17, 15) is 4.79 Å². The van der Waals surface area contributed by atoms with Gasteiger partial charge in [0.1, 0.15) is 0 Å². The minimum absolute atomic E-state index is 0. The second-order valence-electron chi connectivity index (χ2n) is 3.25. The number of halogens is 1. The van der Waals surface area contributed by atoms with Crippen molar-refractivity contribution in [3.63, 3.8) is 0 Å². The van der Waals surface area contributed by atoms with Crippen molar-refractivity contribution in [1.82, 2.24) is 10.2 Å². The topological polar surface area (TPSA) is 41.6 Å². The average Bonchev–Trinajstić information content (AvgIpc) is 2.18. The van der Waals surface area contributed by atoms with E-state index >= 15 is 0 Å². The number of amides is 1. The van der Waals surface area contributed by atoms with E-state index in [2.05, 4.69) is 5.32 Å². The van der Waals surface area contributed by atoms with Gasteiger partial charge in [-0.15, -0.1) is 0 Å². The Hall–Kier alpha value is -0.840. The van der Waals surface area contributed by atoms with Crippen molar-refractivity contribution in [3.8, 4) is 0 Å². The smallest absolute Gasteiger partial charge is 0.409 e. The van der Waals surface area contributed by atoms with Gasteiger partial charge in [-0.1, -0.05) is 0 Å². The van der Waals surface area contributed by atoms with E-state index in [1.807, 2.05) is 14.0 Å². The van der Waals surface area contributed by atoms with Crippen LogP contribution in [0, 0.1) is 0 Å². The molecule has 0 aromatic carbocycles. The van der Waals surface area contributed by atoms with Gasteiger partial charge in [0, 0.05) is 19.1 Å². The number of hydrogen-bond acceptors (Lipinski definition) is 3. The Balaban J connectivity index is 0.00000169. The molecule has 0 bridgehead atoms. The number of likely N-dealkylation sites (tertiary alicyclic amines) is 1. The normalized spacial score (nSPS) is 17.4. The summed E-state index contributed by atoms with van der Waals surface area (Å²) >= 11 is 0. The van der Waals surface area contributed by atoms with Crippen LogP contribution in [-0.2, 0) is 4.74 Å². The lowest BCUT2D eigenvalue weighted by atomic mass is 10.1. The molecule has 1 amide bonds. The van der Waals surface area contributed by atoms with Gasteiger partial charge >= 0.3 is 6.09 Å². The van der Waals surface area contributed by atoms with Crippen LogP contribution in [0.1, 0.15) is 19.8 Å². The quantitative estimate of drug-likeness (QED) is 0.732. The molecular weight excluding hydrogens is 187 g/mol. The van der Waals surface area contributed by atoms with Gasteiger partial charge in [-0.05, 0) is 26.8 Å². The summed E-state index contributed by atoms with van der Waals surface area (Å²) in [6, 6.07) is 0.561. The molecule has 0 aromatic rings. The second kappa shape index (κ2) is 6.59. The Labute approximate surface area is 84.0 Å². The molecule has 1 heterocycles. The highest BCUT2D eigenvalue weighted by molar-refractivity contribution is 5.67. The third-order valence-electron chi connectivity index (χ3n) is 2.43. The number of carbonyl (C=O) groups excluding carboxylic acids is 1. The van der Waals surface area contributed by atoms with E-state index in [0.717, 1.165) is 25.9 Å². The lowest BCUT2D eigenvalue weighted by Gasteiger charge is -2.30. The molecule has 1 fully saturated rings. The number of carbonyl (C=O) groups is 1. The first-order chi connectivity index (χ1) is 6.27. The number of ether oxygens (including phenoxy) is 1. The van der Waals surface area contributed by atoms with Crippen LogP contribution in [0.15, 0.2) is 0 Å².